The van der Waals surface area contributed by atoms with E-state index in [1.807, 2.05) is 12.1 Å². The molecule has 0 fully saturated rings. The Balaban J connectivity index is 2.42. The number of hydrogen-bond acceptors (Lipinski definition) is 5. The van der Waals surface area contributed by atoms with Gasteiger partial charge in [-0.05, 0) is 43.7 Å². The van der Waals surface area contributed by atoms with Crippen LogP contribution < -0.4 is 15.4 Å². The van der Waals surface area contributed by atoms with Crippen LogP contribution in [-0.2, 0) is 9.47 Å². The van der Waals surface area contributed by atoms with Crippen molar-refractivity contribution >= 4 is 5.69 Å². The highest BCUT2D eigenvalue weighted by Crippen LogP contribution is 2.19. The summed E-state index contributed by atoms with van der Waals surface area (Å²) in [6.45, 7) is 4.68. The molecule has 0 heterocycles. The van der Waals surface area contributed by atoms with Crippen molar-refractivity contribution < 1.29 is 14.2 Å². The normalized spacial score (nSPS) is 10.6. The molecule has 5 heteroatoms. The topological polar surface area (TPSA) is 57.0 Å². The Morgan fingerprint density at radius 1 is 0.952 bits per heavy atom. The van der Waals surface area contributed by atoms with E-state index in [1.54, 1.807) is 14.2 Å². The first-order chi connectivity index (χ1) is 10.3. The molecule has 2 N–H and O–H groups in total. The van der Waals surface area contributed by atoms with E-state index in [-0.39, 0.29) is 0 Å². The average Bonchev–Trinajstić information content (AvgIpc) is 2.53. The molecule has 1 rings (SSSR count). The number of ether oxygens (including phenoxy) is 3. The van der Waals surface area contributed by atoms with Crippen molar-refractivity contribution in [3.63, 3.8) is 0 Å². The molecular formula is C16H28N2O3. The van der Waals surface area contributed by atoms with Gasteiger partial charge in [0.25, 0.3) is 0 Å². The van der Waals surface area contributed by atoms with E-state index in [9.17, 15) is 0 Å². The maximum absolute atomic E-state index is 5.63. The van der Waals surface area contributed by atoms with E-state index in [1.165, 1.54) is 5.69 Å². The first kappa shape index (κ1) is 17.8. The molecule has 1 aromatic rings. The summed E-state index contributed by atoms with van der Waals surface area (Å²) in [5.74, 6) is 0.869. The van der Waals surface area contributed by atoms with Gasteiger partial charge >= 0.3 is 0 Å². The van der Waals surface area contributed by atoms with Crippen LogP contribution in [0.2, 0.25) is 0 Å². The molecule has 0 atom stereocenters. The van der Waals surface area contributed by atoms with Gasteiger partial charge in [-0.25, -0.2) is 0 Å². The van der Waals surface area contributed by atoms with Crippen LogP contribution in [0.15, 0.2) is 24.3 Å². The molecule has 0 bridgehead atoms. The summed E-state index contributed by atoms with van der Waals surface area (Å²) in [7, 11) is 3.38. The Morgan fingerprint density at radius 2 is 1.71 bits per heavy atom. The summed E-state index contributed by atoms with van der Waals surface area (Å²) in [5, 5.41) is 0. The van der Waals surface area contributed by atoms with Crippen LogP contribution in [0.3, 0.4) is 0 Å². The predicted octanol–water partition coefficient (Wildman–Crippen LogP) is 1.90. The van der Waals surface area contributed by atoms with Crippen molar-refractivity contribution in [2.45, 2.75) is 12.8 Å². The second-order valence-corrected chi connectivity index (χ2v) is 4.79. The van der Waals surface area contributed by atoms with Gasteiger partial charge in [-0.2, -0.15) is 0 Å². The van der Waals surface area contributed by atoms with Crippen LogP contribution >= 0.6 is 0 Å². The van der Waals surface area contributed by atoms with Crippen molar-refractivity contribution in [2.75, 3.05) is 58.6 Å². The molecule has 0 unspecified atom stereocenters. The molecule has 0 amide bonds. The van der Waals surface area contributed by atoms with Gasteiger partial charge in [-0.15, -0.1) is 0 Å². The Bertz CT molecular complexity index is 357. The number of rotatable bonds is 12. The molecule has 21 heavy (non-hydrogen) atoms. The summed E-state index contributed by atoms with van der Waals surface area (Å²) in [5.41, 5.74) is 6.79. The number of methoxy groups -OCH3 is 2. The monoisotopic (exact) mass is 296 g/mol. The number of hydrogen-bond donors (Lipinski definition) is 1. The largest absolute Gasteiger partial charge is 0.497 e. The van der Waals surface area contributed by atoms with E-state index in [0.717, 1.165) is 44.9 Å². The van der Waals surface area contributed by atoms with Gasteiger partial charge < -0.3 is 24.8 Å². The molecule has 0 saturated heterocycles. The van der Waals surface area contributed by atoms with Gasteiger partial charge in [0.2, 0.25) is 0 Å². The lowest BCUT2D eigenvalue weighted by Crippen LogP contribution is -2.30. The maximum Gasteiger partial charge on any atom is 0.119 e. The van der Waals surface area contributed by atoms with Gasteiger partial charge in [-0.3, -0.25) is 0 Å². The standard InChI is InChI=1S/C16H28N2O3/c1-19-12-4-13-21-14-11-18(10-3-9-17)15-5-7-16(20-2)8-6-15/h5-8H,3-4,9-14,17H2,1-2H3. The lowest BCUT2D eigenvalue weighted by molar-refractivity contribution is 0.107. The maximum atomic E-state index is 5.63. The summed E-state index contributed by atoms with van der Waals surface area (Å²) < 4.78 is 15.8. The van der Waals surface area contributed by atoms with E-state index in [2.05, 4.69) is 17.0 Å². The van der Waals surface area contributed by atoms with Crippen LogP contribution in [0.25, 0.3) is 0 Å². The zero-order valence-corrected chi connectivity index (χ0v) is 13.2. The van der Waals surface area contributed by atoms with E-state index >= 15 is 0 Å². The molecule has 1 aromatic carbocycles. The van der Waals surface area contributed by atoms with Gasteiger partial charge in [0.15, 0.2) is 0 Å². The molecule has 120 valence electrons. The third-order valence-corrected chi connectivity index (χ3v) is 3.21. The smallest absolute Gasteiger partial charge is 0.119 e. The number of nitrogens with two attached hydrogens (primary N) is 1. The van der Waals surface area contributed by atoms with Crippen LogP contribution in [0, 0.1) is 0 Å². The van der Waals surface area contributed by atoms with Crippen molar-refractivity contribution in [3.05, 3.63) is 24.3 Å². The number of nitrogens with zero attached hydrogens (tertiary/aromatic N) is 1. The molecule has 0 aliphatic carbocycles. The highest BCUT2D eigenvalue weighted by molar-refractivity contribution is 5.49. The van der Waals surface area contributed by atoms with E-state index < -0.39 is 0 Å². The fourth-order valence-corrected chi connectivity index (χ4v) is 2.03. The van der Waals surface area contributed by atoms with Crippen LogP contribution in [-0.4, -0.2) is 53.7 Å². The zero-order valence-electron chi connectivity index (χ0n) is 13.2. The van der Waals surface area contributed by atoms with Crippen LogP contribution in [0.4, 0.5) is 5.69 Å². The summed E-state index contributed by atoms with van der Waals surface area (Å²) >= 11 is 0. The van der Waals surface area contributed by atoms with Gasteiger partial charge in [0, 0.05) is 39.1 Å². The van der Waals surface area contributed by atoms with Gasteiger partial charge in [0.05, 0.1) is 13.7 Å². The van der Waals surface area contributed by atoms with Gasteiger partial charge in [-0.1, -0.05) is 0 Å². The molecule has 0 spiro atoms. The first-order valence-corrected chi connectivity index (χ1v) is 7.47. The summed E-state index contributed by atoms with van der Waals surface area (Å²) in [6, 6.07) is 8.09. The van der Waals surface area contributed by atoms with Crippen molar-refractivity contribution in [1.29, 1.82) is 0 Å². The van der Waals surface area contributed by atoms with Crippen molar-refractivity contribution in [3.8, 4) is 5.75 Å². The fourth-order valence-electron chi connectivity index (χ4n) is 2.03. The Hall–Kier alpha value is -1.30. The minimum absolute atomic E-state index is 0.696. The lowest BCUT2D eigenvalue weighted by Gasteiger charge is -2.25. The Morgan fingerprint density at radius 3 is 2.33 bits per heavy atom. The fraction of sp³-hybridized carbons (Fsp3) is 0.625. The first-order valence-electron chi connectivity index (χ1n) is 7.47. The lowest BCUT2D eigenvalue weighted by atomic mass is 10.2. The van der Waals surface area contributed by atoms with Gasteiger partial charge in [0.1, 0.15) is 5.75 Å². The quantitative estimate of drug-likeness (QED) is 0.597. The average molecular weight is 296 g/mol. The molecular weight excluding hydrogens is 268 g/mol. The van der Waals surface area contributed by atoms with Crippen molar-refractivity contribution in [2.24, 2.45) is 5.73 Å². The third-order valence-electron chi connectivity index (χ3n) is 3.21. The SMILES string of the molecule is COCCCOCCN(CCCN)c1ccc(OC)cc1. The zero-order chi connectivity index (χ0) is 15.3. The Kier molecular flexibility index (Phi) is 9.61. The third kappa shape index (κ3) is 7.32. The van der Waals surface area contributed by atoms with E-state index in [4.69, 9.17) is 19.9 Å². The number of anilines is 1. The number of benzene rings is 1. The second-order valence-electron chi connectivity index (χ2n) is 4.79. The summed E-state index contributed by atoms with van der Waals surface area (Å²) in [6.07, 6.45) is 1.90. The molecule has 5 nitrogen and oxygen atoms in total. The molecule has 0 aromatic heterocycles. The predicted molar refractivity (Wildman–Crippen MR) is 86.2 cm³/mol. The molecule has 0 aliphatic heterocycles. The van der Waals surface area contributed by atoms with E-state index in [0.29, 0.717) is 13.2 Å². The van der Waals surface area contributed by atoms with Crippen LogP contribution in [0.1, 0.15) is 12.8 Å². The van der Waals surface area contributed by atoms with Crippen LogP contribution in [0.5, 0.6) is 5.75 Å². The summed E-state index contributed by atoms with van der Waals surface area (Å²) in [4.78, 5) is 2.29. The Labute approximate surface area is 128 Å². The minimum Gasteiger partial charge on any atom is -0.497 e. The minimum atomic E-state index is 0.696. The molecule has 0 saturated carbocycles. The van der Waals surface area contributed by atoms with Crippen molar-refractivity contribution in [1.82, 2.24) is 0 Å². The molecule has 0 aliphatic rings. The highest BCUT2D eigenvalue weighted by atomic mass is 16.5. The second kappa shape index (κ2) is 11.4. The highest BCUT2D eigenvalue weighted by Gasteiger charge is 2.06. The molecule has 0 radical (unpaired) electrons.